The van der Waals surface area contributed by atoms with Gasteiger partial charge in [-0.1, -0.05) is 36.4 Å². The van der Waals surface area contributed by atoms with Gasteiger partial charge in [-0.05, 0) is 37.1 Å². The van der Waals surface area contributed by atoms with E-state index in [-0.39, 0.29) is 36.9 Å². The Hall–Kier alpha value is -3.35. The van der Waals surface area contributed by atoms with E-state index in [4.69, 9.17) is 4.74 Å². The van der Waals surface area contributed by atoms with Crippen molar-refractivity contribution in [3.05, 3.63) is 66.2 Å². The molecule has 3 amide bonds. The molecule has 152 valence electrons. The summed E-state index contributed by atoms with van der Waals surface area (Å²) in [4.78, 5) is 38.1. The van der Waals surface area contributed by atoms with Gasteiger partial charge in [0.25, 0.3) is 11.8 Å². The summed E-state index contributed by atoms with van der Waals surface area (Å²) in [5.41, 5.74) is 0.518. The maximum atomic E-state index is 12.3. The van der Waals surface area contributed by atoms with Gasteiger partial charge in [0.05, 0.1) is 6.54 Å². The van der Waals surface area contributed by atoms with Gasteiger partial charge in [0.1, 0.15) is 5.75 Å². The molecule has 1 aliphatic heterocycles. The highest BCUT2D eigenvalue weighted by molar-refractivity contribution is 5.96. The molecule has 0 spiro atoms. The van der Waals surface area contributed by atoms with Crippen molar-refractivity contribution in [3.63, 3.8) is 0 Å². The highest BCUT2D eigenvalue weighted by atomic mass is 16.5. The first kappa shape index (κ1) is 20.4. The molecular formula is C22H25N3O4. The van der Waals surface area contributed by atoms with Crippen LogP contribution in [0.25, 0.3) is 0 Å². The molecule has 1 saturated heterocycles. The van der Waals surface area contributed by atoms with Gasteiger partial charge < -0.3 is 20.3 Å². The molecule has 0 bridgehead atoms. The normalized spacial score (nSPS) is 14.1. The smallest absolute Gasteiger partial charge is 0.260 e. The fraction of sp³-hybridized carbons (Fsp3) is 0.318. The fourth-order valence-electron chi connectivity index (χ4n) is 3.16. The van der Waals surface area contributed by atoms with E-state index in [1.807, 2.05) is 36.4 Å². The number of nitrogens with one attached hydrogen (secondary N) is 2. The van der Waals surface area contributed by atoms with Crippen molar-refractivity contribution in [2.45, 2.75) is 18.9 Å². The van der Waals surface area contributed by atoms with Crippen LogP contribution in [0.5, 0.6) is 5.75 Å². The number of carbonyl (C=O) groups is 3. The summed E-state index contributed by atoms with van der Waals surface area (Å²) in [7, 11) is 0. The molecule has 1 heterocycles. The number of hydrogen-bond donors (Lipinski definition) is 2. The zero-order chi connectivity index (χ0) is 20.5. The quantitative estimate of drug-likeness (QED) is 0.746. The second-order valence-electron chi connectivity index (χ2n) is 6.87. The van der Waals surface area contributed by atoms with Crippen LogP contribution in [0.1, 0.15) is 23.2 Å². The molecule has 1 fully saturated rings. The summed E-state index contributed by atoms with van der Waals surface area (Å²) in [5, 5.41) is 5.54. The van der Waals surface area contributed by atoms with Crippen molar-refractivity contribution in [1.29, 1.82) is 0 Å². The fourth-order valence-corrected chi connectivity index (χ4v) is 3.16. The summed E-state index contributed by atoms with van der Waals surface area (Å²) in [6.07, 6.45) is 1.35. The summed E-state index contributed by atoms with van der Waals surface area (Å²) in [6, 6.07) is 18.0. The Morgan fingerprint density at radius 1 is 0.931 bits per heavy atom. The highest BCUT2D eigenvalue weighted by Gasteiger charge is 2.24. The first-order chi connectivity index (χ1) is 14.1. The molecule has 0 saturated carbocycles. The molecule has 1 aliphatic rings. The lowest BCUT2D eigenvalue weighted by Crippen LogP contribution is -2.49. The number of piperidine rings is 1. The van der Waals surface area contributed by atoms with Crippen LogP contribution in [-0.2, 0) is 9.59 Å². The van der Waals surface area contributed by atoms with E-state index in [2.05, 4.69) is 10.6 Å². The van der Waals surface area contributed by atoms with Crippen molar-refractivity contribution < 1.29 is 19.1 Å². The van der Waals surface area contributed by atoms with E-state index in [1.165, 1.54) is 0 Å². The van der Waals surface area contributed by atoms with E-state index in [1.54, 1.807) is 29.2 Å². The molecule has 0 radical (unpaired) electrons. The lowest BCUT2D eigenvalue weighted by atomic mass is 10.0. The predicted octanol–water partition coefficient (Wildman–Crippen LogP) is 1.60. The first-order valence-electron chi connectivity index (χ1n) is 9.70. The Morgan fingerprint density at radius 2 is 1.55 bits per heavy atom. The monoisotopic (exact) mass is 395 g/mol. The maximum Gasteiger partial charge on any atom is 0.260 e. The van der Waals surface area contributed by atoms with Gasteiger partial charge in [0, 0.05) is 24.7 Å². The van der Waals surface area contributed by atoms with Gasteiger partial charge in [-0.25, -0.2) is 0 Å². The third-order valence-corrected chi connectivity index (χ3v) is 4.76. The van der Waals surface area contributed by atoms with Crippen molar-refractivity contribution in [2.75, 3.05) is 26.2 Å². The molecule has 0 aliphatic carbocycles. The number of amides is 3. The Kier molecular flexibility index (Phi) is 7.22. The second-order valence-corrected chi connectivity index (χ2v) is 6.87. The number of hydrogen-bond acceptors (Lipinski definition) is 4. The van der Waals surface area contributed by atoms with E-state index in [9.17, 15) is 14.4 Å². The second kappa shape index (κ2) is 10.3. The van der Waals surface area contributed by atoms with Gasteiger partial charge in [-0.15, -0.1) is 0 Å². The van der Waals surface area contributed by atoms with Crippen LogP contribution in [0.2, 0.25) is 0 Å². The number of para-hydroxylation sites is 1. The van der Waals surface area contributed by atoms with E-state index in [0.717, 1.165) is 0 Å². The van der Waals surface area contributed by atoms with E-state index < -0.39 is 0 Å². The molecule has 2 N–H and O–H groups in total. The van der Waals surface area contributed by atoms with Crippen molar-refractivity contribution in [1.82, 2.24) is 15.5 Å². The molecular weight excluding hydrogens is 370 g/mol. The van der Waals surface area contributed by atoms with Crippen LogP contribution in [0.4, 0.5) is 0 Å². The minimum absolute atomic E-state index is 0.00443. The zero-order valence-electron chi connectivity index (χ0n) is 16.2. The van der Waals surface area contributed by atoms with Crippen LogP contribution in [-0.4, -0.2) is 54.9 Å². The number of carbonyl (C=O) groups excluding carboxylic acids is 3. The van der Waals surface area contributed by atoms with Crippen molar-refractivity contribution in [2.24, 2.45) is 0 Å². The highest BCUT2D eigenvalue weighted by Crippen LogP contribution is 2.12. The number of nitrogens with zero attached hydrogens (tertiary/aromatic N) is 1. The number of likely N-dealkylation sites (tertiary alicyclic amines) is 1. The molecule has 0 unspecified atom stereocenters. The van der Waals surface area contributed by atoms with Gasteiger partial charge in [0.15, 0.2) is 6.61 Å². The molecule has 7 heteroatoms. The Morgan fingerprint density at radius 3 is 2.21 bits per heavy atom. The molecule has 2 aromatic carbocycles. The molecule has 7 nitrogen and oxygen atoms in total. The third kappa shape index (κ3) is 6.34. The van der Waals surface area contributed by atoms with Crippen LogP contribution >= 0.6 is 0 Å². The van der Waals surface area contributed by atoms with Crippen LogP contribution in [0.15, 0.2) is 60.7 Å². The first-order valence-corrected chi connectivity index (χ1v) is 9.70. The number of ether oxygens (including phenoxy) is 1. The van der Waals surface area contributed by atoms with Crippen molar-refractivity contribution >= 4 is 17.7 Å². The van der Waals surface area contributed by atoms with Crippen molar-refractivity contribution in [3.8, 4) is 5.75 Å². The number of benzene rings is 2. The molecule has 2 aromatic rings. The topological polar surface area (TPSA) is 87.7 Å². The van der Waals surface area contributed by atoms with Crippen LogP contribution in [0, 0.1) is 0 Å². The van der Waals surface area contributed by atoms with E-state index in [0.29, 0.717) is 37.2 Å². The van der Waals surface area contributed by atoms with Gasteiger partial charge in [-0.3, -0.25) is 14.4 Å². The average Bonchev–Trinajstić information content (AvgIpc) is 2.77. The standard InChI is InChI=1S/C22H25N3O4/c26-20(15-23-22(28)17-7-3-1-4-8-17)24-18-11-13-25(14-12-18)21(27)16-29-19-9-5-2-6-10-19/h1-10,18H,11-16H2,(H,23,28)(H,24,26). The molecule has 29 heavy (non-hydrogen) atoms. The third-order valence-electron chi connectivity index (χ3n) is 4.76. The zero-order valence-corrected chi connectivity index (χ0v) is 16.2. The van der Waals surface area contributed by atoms with E-state index >= 15 is 0 Å². The van der Waals surface area contributed by atoms with Gasteiger partial charge in [0.2, 0.25) is 5.91 Å². The summed E-state index contributed by atoms with van der Waals surface area (Å²) < 4.78 is 5.50. The predicted molar refractivity (Wildman–Crippen MR) is 108 cm³/mol. The van der Waals surface area contributed by atoms with Crippen LogP contribution < -0.4 is 15.4 Å². The lowest BCUT2D eigenvalue weighted by Gasteiger charge is -2.32. The van der Waals surface area contributed by atoms with Gasteiger partial charge in [-0.2, -0.15) is 0 Å². The summed E-state index contributed by atoms with van der Waals surface area (Å²) in [5.74, 6) is 0.0975. The minimum atomic E-state index is -0.278. The molecule has 0 aromatic heterocycles. The summed E-state index contributed by atoms with van der Waals surface area (Å²) in [6.45, 7) is 1.07. The average molecular weight is 395 g/mol. The Balaban J connectivity index is 1.34. The largest absolute Gasteiger partial charge is 0.484 e. The number of rotatable bonds is 7. The summed E-state index contributed by atoms with van der Waals surface area (Å²) >= 11 is 0. The maximum absolute atomic E-state index is 12.3. The minimum Gasteiger partial charge on any atom is -0.484 e. The SMILES string of the molecule is O=C(CNC(=O)c1ccccc1)NC1CCN(C(=O)COc2ccccc2)CC1. The molecule has 0 atom stereocenters. The lowest BCUT2D eigenvalue weighted by molar-refractivity contribution is -0.134. The van der Waals surface area contributed by atoms with Crippen LogP contribution in [0.3, 0.4) is 0 Å². The van der Waals surface area contributed by atoms with Gasteiger partial charge >= 0.3 is 0 Å². The Bertz CT molecular complexity index is 818. The Labute approximate surface area is 170 Å². The molecule has 3 rings (SSSR count).